The molecular formula is C20H21N3O2S. The second-order valence-corrected chi connectivity index (χ2v) is 7.35. The molecule has 0 unspecified atom stereocenters. The molecule has 0 aliphatic heterocycles. The predicted octanol–water partition coefficient (Wildman–Crippen LogP) is 3.92. The molecule has 1 aromatic heterocycles. The van der Waals surface area contributed by atoms with Gasteiger partial charge in [-0.25, -0.2) is 4.98 Å². The van der Waals surface area contributed by atoms with Crippen molar-refractivity contribution in [3.8, 4) is 0 Å². The highest BCUT2D eigenvalue weighted by Crippen LogP contribution is 2.25. The van der Waals surface area contributed by atoms with Gasteiger partial charge in [0.25, 0.3) is 5.56 Å². The van der Waals surface area contributed by atoms with Crippen molar-refractivity contribution in [2.45, 2.75) is 25.5 Å². The van der Waals surface area contributed by atoms with Crippen molar-refractivity contribution in [1.82, 2.24) is 9.97 Å². The Morgan fingerprint density at radius 1 is 1.19 bits per heavy atom. The number of amides is 1. The fraction of sp³-hybridized carbons (Fsp3) is 0.250. The quantitative estimate of drug-likeness (QED) is 0.692. The molecule has 2 aromatic carbocycles. The highest BCUT2D eigenvalue weighted by molar-refractivity contribution is 8.00. The zero-order valence-corrected chi connectivity index (χ0v) is 15.6. The van der Waals surface area contributed by atoms with Crippen molar-refractivity contribution >= 4 is 34.3 Å². The highest BCUT2D eigenvalue weighted by Gasteiger charge is 2.13. The van der Waals surface area contributed by atoms with Crippen LogP contribution in [0.25, 0.3) is 10.9 Å². The standard InChI is InChI=1S/C20H21N3O2S/c1-3-14-8-10-15(11-9-14)21-18(24)12-26-13(2)19-22-17-7-5-4-6-16(17)20(25)23-19/h4-11,13H,3,12H2,1-2H3,(H,21,24)(H,22,23,25)/t13-/m1/s1. The van der Waals surface area contributed by atoms with Gasteiger partial charge in [-0.3, -0.25) is 9.59 Å². The minimum absolute atomic E-state index is 0.0748. The van der Waals surface area contributed by atoms with E-state index in [4.69, 9.17) is 0 Å². The third kappa shape index (κ3) is 4.32. The van der Waals surface area contributed by atoms with E-state index in [0.717, 1.165) is 12.1 Å². The number of carbonyl (C=O) groups is 1. The van der Waals surface area contributed by atoms with Crippen molar-refractivity contribution in [2.75, 3.05) is 11.1 Å². The average molecular weight is 367 g/mol. The molecule has 0 bridgehead atoms. The fourth-order valence-electron chi connectivity index (χ4n) is 2.60. The van der Waals surface area contributed by atoms with E-state index < -0.39 is 0 Å². The molecule has 134 valence electrons. The molecule has 0 radical (unpaired) electrons. The van der Waals surface area contributed by atoms with Crippen LogP contribution in [0.4, 0.5) is 5.69 Å². The van der Waals surface area contributed by atoms with Crippen molar-refractivity contribution in [3.63, 3.8) is 0 Å². The first-order chi connectivity index (χ1) is 12.6. The lowest BCUT2D eigenvalue weighted by atomic mass is 10.1. The van der Waals surface area contributed by atoms with Crippen LogP contribution in [0.15, 0.2) is 53.3 Å². The molecule has 2 N–H and O–H groups in total. The average Bonchev–Trinajstić information content (AvgIpc) is 2.66. The van der Waals surface area contributed by atoms with Gasteiger partial charge in [-0.2, -0.15) is 0 Å². The number of H-pyrrole nitrogens is 1. The van der Waals surface area contributed by atoms with Gasteiger partial charge < -0.3 is 10.3 Å². The summed E-state index contributed by atoms with van der Waals surface area (Å²) in [5.41, 5.74) is 2.53. The third-order valence-corrected chi connectivity index (χ3v) is 5.28. The van der Waals surface area contributed by atoms with Crippen LogP contribution < -0.4 is 10.9 Å². The number of hydrogen-bond acceptors (Lipinski definition) is 4. The Kier molecular flexibility index (Phi) is 5.73. The Hall–Kier alpha value is -2.60. The van der Waals surface area contributed by atoms with Gasteiger partial charge in [-0.05, 0) is 43.2 Å². The molecule has 0 fully saturated rings. The molecule has 6 heteroatoms. The first-order valence-electron chi connectivity index (χ1n) is 8.56. The number of aromatic nitrogens is 2. The van der Waals surface area contributed by atoms with Crippen LogP contribution in [0, 0.1) is 0 Å². The van der Waals surface area contributed by atoms with E-state index in [1.165, 1.54) is 17.3 Å². The fourth-order valence-corrected chi connectivity index (χ4v) is 3.34. The summed E-state index contributed by atoms with van der Waals surface area (Å²) in [7, 11) is 0. The van der Waals surface area contributed by atoms with Gasteiger partial charge in [0.15, 0.2) is 0 Å². The lowest BCUT2D eigenvalue weighted by molar-refractivity contribution is -0.113. The zero-order chi connectivity index (χ0) is 18.5. The van der Waals surface area contributed by atoms with E-state index in [2.05, 4.69) is 22.2 Å². The van der Waals surface area contributed by atoms with Crippen LogP contribution >= 0.6 is 11.8 Å². The van der Waals surface area contributed by atoms with Gasteiger partial charge in [0.1, 0.15) is 5.82 Å². The minimum Gasteiger partial charge on any atom is -0.325 e. The van der Waals surface area contributed by atoms with Crippen molar-refractivity contribution in [2.24, 2.45) is 0 Å². The summed E-state index contributed by atoms with van der Waals surface area (Å²) in [4.78, 5) is 31.6. The number of anilines is 1. The number of benzene rings is 2. The van der Waals surface area contributed by atoms with Crippen LogP contribution in [0.5, 0.6) is 0 Å². The summed E-state index contributed by atoms with van der Waals surface area (Å²) in [6, 6.07) is 15.1. The molecule has 3 aromatic rings. The molecule has 0 saturated carbocycles. The van der Waals surface area contributed by atoms with Gasteiger partial charge in [0, 0.05) is 5.69 Å². The molecule has 1 atom stereocenters. The maximum absolute atomic E-state index is 12.2. The van der Waals surface area contributed by atoms with Crippen molar-refractivity contribution in [3.05, 3.63) is 70.3 Å². The Bertz CT molecular complexity index is 967. The zero-order valence-electron chi connectivity index (χ0n) is 14.8. The van der Waals surface area contributed by atoms with Gasteiger partial charge in [0.05, 0.1) is 21.9 Å². The molecule has 26 heavy (non-hydrogen) atoms. The molecule has 1 amide bonds. The smallest absolute Gasteiger partial charge is 0.258 e. The number of fused-ring (bicyclic) bond motifs is 1. The maximum atomic E-state index is 12.2. The van der Waals surface area contributed by atoms with Crippen LogP contribution in [-0.4, -0.2) is 21.6 Å². The summed E-state index contributed by atoms with van der Waals surface area (Å²) in [5.74, 6) is 0.792. The van der Waals surface area contributed by atoms with E-state index in [1.807, 2.05) is 49.4 Å². The van der Waals surface area contributed by atoms with Crippen molar-refractivity contribution < 1.29 is 4.79 Å². The summed E-state index contributed by atoms with van der Waals surface area (Å²) < 4.78 is 0. The number of aryl methyl sites for hydroxylation is 1. The van der Waals surface area contributed by atoms with Crippen molar-refractivity contribution in [1.29, 1.82) is 0 Å². The molecule has 0 aliphatic rings. The molecule has 3 rings (SSSR count). The molecule has 0 aliphatic carbocycles. The lowest BCUT2D eigenvalue weighted by Gasteiger charge is -2.11. The molecule has 0 spiro atoms. The molecular weight excluding hydrogens is 346 g/mol. The van der Waals surface area contributed by atoms with Gasteiger partial charge in [0.2, 0.25) is 5.91 Å². The number of hydrogen-bond donors (Lipinski definition) is 2. The second kappa shape index (κ2) is 8.19. The lowest BCUT2D eigenvalue weighted by Crippen LogP contribution is -2.16. The molecule has 5 nitrogen and oxygen atoms in total. The normalized spacial score (nSPS) is 12.1. The Morgan fingerprint density at radius 2 is 1.92 bits per heavy atom. The van der Waals surface area contributed by atoms with Crippen LogP contribution in [0.3, 0.4) is 0 Å². The Balaban J connectivity index is 1.62. The SMILES string of the molecule is CCc1ccc(NC(=O)CS[C@H](C)c2nc3ccccc3c(=O)[nH]2)cc1. The largest absolute Gasteiger partial charge is 0.325 e. The summed E-state index contributed by atoms with van der Waals surface area (Å²) >= 11 is 1.44. The maximum Gasteiger partial charge on any atom is 0.258 e. The van der Waals surface area contributed by atoms with E-state index in [-0.39, 0.29) is 22.5 Å². The summed E-state index contributed by atoms with van der Waals surface area (Å²) in [5, 5.41) is 3.36. The Morgan fingerprint density at radius 3 is 2.65 bits per heavy atom. The minimum atomic E-state index is -0.154. The number of nitrogens with zero attached hydrogens (tertiary/aromatic N) is 1. The topological polar surface area (TPSA) is 74.8 Å². The first kappa shape index (κ1) is 18.2. The second-order valence-electron chi connectivity index (χ2n) is 6.02. The summed E-state index contributed by atoms with van der Waals surface area (Å²) in [6.45, 7) is 4.03. The monoisotopic (exact) mass is 367 g/mol. The number of nitrogens with one attached hydrogen (secondary N) is 2. The van der Waals surface area contributed by atoms with Crippen LogP contribution in [0.1, 0.15) is 30.5 Å². The van der Waals surface area contributed by atoms with Gasteiger partial charge in [-0.15, -0.1) is 11.8 Å². The van der Waals surface area contributed by atoms with E-state index >= 15 is 0 Å². The van der Waals surface area contributed by atoms with E-state index in [0.29, 0.717) is 16.7 Å². The van der Waals surface area contributed by atoms with E-state index in [9.17, 15) is 9.59 Å². The van der Waals surface area contributed by atoms with E-state index in [1.54, 1.807) is 6.07 Å². The molecule has 0 saturated heterocycles. The molecule has 1 heterocycles. The predicted molar refractivity (Wildman–Crippen MR) is 108 cm³/mol. The van der Waals surface area contributed by atoms with Gasteiger partial charge in [-0.1, -0.05) is 31.2 Å². The van der Waals surface area contributed by atoms with Crippen LogP contribution in [0.2, 0.25) is 0 Å². The Labute approximate surface area is 156 Å². The number of para-hydroxylation sites is 1. The first-order valence-corrected chi connectivity index (χ1v) is 9.61. The number of aromatic amines is 1. The number of thioether (sulfide) groups is 1. The van der Waals surface area contributed by atoms with Crippen LogP contribution in [-0.2, 0) is 11.2 Å². The summed E-state index contributed by atoms with van der Waals surface area (Å²) in [6.07, 6.45) is 0.971. The third-order valence-electron chi connectivity index (χ3n) is 4.13. The number of carbonyl (C=O) groups excluding carboxylic acids is 1. The van der Waals surface area contributed by atoms with Gasteiger partial charge >= 0.3 is 0 Å². The number of rotatable bonds is 6. The highest BCUT2D eigenvalue weighted by atomic mass is 32.2.